The van der Waals surface area contributed by atoms with Crippen LogP contribution in [0.1, 0.15) is 35.0 Å². The van der Waals surface area contributed by atoms with Crippen molar-refractivity contribution >= 4 is 34.3 Å². The molecule has 2 heterocycles. The van der Waals surface area contributed by atoms with Gasteiger partial charge in [-0.2, -0.15) is 0 Å². The minimum atomic E-state index is -2.59. The molecule has 9 heteroatoms. The smallest absolute Gasteiger partial charge is 0.253 e. The number of hydrogen-bond donors (Lipinski definition) is 1. The van der Waals surface area contributed by atoms with Gasteiger partial charge >= 0.3 is 0 Å². The number of thioether (sulfide) groups is 1. The number of ketones is 1. The summed E-state index contributed by atoms with van der Waals surface area (Å²) in [5.41, 5.74) is 5.56. The van der Waals surface area contributed by atoms with Crippen LogP contribution in [-0.4, -0.2) is 27.1 Å². The highest BCUT2D eigenvalue weighted by molar-refractivity contribution is 8.15. The van der Waals surface area contributed by atoms with Crippen molar-refractivity contribution in [2.45, 2.75) is 36.5 Å². The van der Waals surface area contributed by atoms with Gasteiger partial charge in [0.1, 0.15) is 11.5 Å². The fraction of sp³-hybridized carbons (Fsp3) is 0.350. The van der Waals surface area contributed by atoms with Gasteiger partial charge in [0.2, 0.25) is 0 Å². The highest BCUT2D eigenvalue weighted by Gasteiger charge is 2.71. The predicted molar refractivity (Wildman–Crippen MR) is 107 cm³/mol. The molecule has 0 saturated heterocycles. The van der Waals surface area contributed by atoms with E-state index in [1.165, 1.54) is 30.5 Å². The second kappa shape index (κ2) is 7.02. The summed E-state index contributed by atoms with van der Waals surface area (Å²) in [6, 6.07) is 7.32. The third-order valence-electron chi connectivity index (χ3n) is 5.59. The molecule has 1 aliphatic carbocycles. The zero-order valence-corrected chi connectivity index (χ0v) is 16.9. The number of Topliss-reactive ketones (excluding diaryl/α,β-unsaturated/α-hetero) is 1. The summed E-state index contributed by atoms with van der Waals surface area (Å²) >= 11 is 6.65. The van der Waals surface area contributed by atoms with Gasteiger partial charge in [-0.05, 0) is 43.2 Å². The number of benzene rings is 1. The molecule has 1 aliphatic heterocycles. The molecule has 3 atom stereocenters. The highest BCUT2D eigenvalue weighted by Crippen LogP contribution is 2.68. The van der Waals surface area contributed by atoms with Crippen LogP contribution in [0.25, 0.3) is 0 Å². The molecule has 4 nitrogen and oxygen atoms in total. The van der Waals surface area contributed by atoms with Crippen molar-refractivity contribution in [1.82, 2.24) is 4.98 Å². The van der Waals surface area contributed by atoms with E-state index in [4.69, 9.17) is 17.3 Å². The van der Waals surface area contributed by atoms with Crippen molar-refractivity contribution in [3.05, 3.63) is 64.2 Å². The van der Waals surface area contributed by atoms with Crippen LogP contribution >= 0.6 is 23.4 Å². The molecule has 152 valence electrons. The Labute approximate surface area is 174 Å². The van der Waals surface area contributed by atoms with Crippen LogP contribution in [0.4, 0.5) is 13.2 Å². The number of fused-ring (bicyclic) bond motifs is 1. The zero-order chi connectivity index (χ0) is 21.0. The number of pyridine rings is 1. The molecular formula is C20H17ClF3N3OS. The lowest BCUT2D eigenvalue weighted by Gasteiger charge is -2.34. The molecule has 0 amide bonds. The van der Waals surface area contributed by atoms with Gasteiger partial charge in [0.15, 0.2) is 11.0 Å². The summed E-state index contributed by atoms with van der Waals surface area (Å²) in [6.45, 7) is 1.62. The van der Waals surface area contributed by atoms with Crippen molar-refractivity contribution in [3.8, 4) is 0 Å². The Bertz CT molecular complexity index is 1020. The number of aliphatic imine (C=N–C) groups is 1. The number of amidine groups is 1. The fourth-order valence-electron chi connectivity index (χ4n) is 3.99. The maximum Gasteiger partial charge on any atom is 0.253 e. The van der Waals surface area contributed by atoms with Crippen molar-refractivity contribution in [2.75, 3.05) is 0 Å². The number of alkyl halides is 2. The van der Waals surface area contributed by atoms with Gasteiger partial charge < -0.3 is 5.73 Å². The predicted octanol–water partition coefficient (Wildman–Crippen LogP) is 4.60. The van der Waals surface area contributed by atoms with Gasteiger partial charge in [-0.1, -0.05) is 29.4 Å². The van der Waals surface area contributed by atoms with Gasteiger partial charge in [0, 0.05) is 24.1 Å². The topological polar surface area (TPSA) is 68.3 Å². The van der Waals surface area contributed by atoms with Crippen LogP contribution in [0.3, 0.4) is 0 Å². The Morgan fingerprint density at radius 3 is 2.79 bits per heavy atom. The van der Waals surface area contributed by atoms with Crippen LogP contribution < -0.4 is 5.73 Å². The van der Waals surface area contributed by atoms with Crippen molar-refractivity contribution in [3.63, 3.8) is 0 Å². The monoisotopic (exact) mass is 439 g/mol. The largest absolute Gasteiger partial charge is 0.378 e. The summed E-state index contributed by atoms with van der Waals surface area (Å²) in [7, 11) is 0. The maximum atomic E-state index is 14.7. The second-order valence-electron chi connectivity index (χ2n) is 7.49. The normalized spacial score (nSPS) is 28.1. The molecule has 1 saturated carbocycles. The van der Waals surface area contributed by atoms with E-state index < -0.39 is 28.4 Å². The number of nitrogens with two attached hydrogens (primary N) is 1. The molecule has 2 N–H and O–H groups in total. The summed E-state index contributed by atoms with van der Waals surface area (Å²) in [6.07, 6.45) is -1.03. The summed E-state index contributed by atoms with van der Waals surface area (Å²) in [5, 5.41) is 0.434. The van der Waals surface area contributed by atoms with E-state index in [0.29, 0.717) is 10.6 Å². The molecule has 1 aromatic carbocycles. The summed E-state index contributed by atoms with van der Waals surface area (Å²) < 4.78 is 40.7. The first kappa shape index (κ1) is 20.2. The standard InChI is InChI=1S/C20H17ClF3N3OS/c1-19(16-8-20(16,17(23)24)29-18(25)27-19)12-6-10(2-4-13(12)22)7-15(28)14-5-3-11(21)9-26-14/h2-6,9,16-17H,7-8H2,1H3,(H2,25,27)/t16-,19+,20-/m0/s1. The molecule has 0 bridgehead atoms. The number of carbonyl (C=O) groups excluding carboxylic acids is 1. The van der Waals surface area contributed by atoms with E-state index in [9.17, 15) is 18.0 Å². The summed E-state index contributed by atoms with van der Waals surface area (Å²) in [4.78, 5) is 20.8. The fourth-order valence-corrected chi connectivity index (χ4v) is 5.44. The van der Waals surface area contributed by atoms with E-state index >= 15 is 0 Å². The van der Waals surface area contributed by atoms with E-state index in [-0.39, 0.29) is 35.0 Å². The summed E-state index contributed by atoms with van der Waals surface area (Å²) in [5.74, 6) is -1.36. The molecule has 4 rings (SSSR count). The average Bonchev–Trinajstić information content (AvgIpc) is 3.40. The number of nitrogens with zero attached hydrogens (tertiary/aromatic N) is 2. The van der Waals surface area contributed by atoms with E-state index in [1.54, 1.807) is 13.0 Å². The van der Waals surface area contributed by atoms with Crippen LogP contribution in [0, 0.1) is 11.7 Å². The quantitative estimate of drug-likeness (QED) is 0.691. The highest BCUT2D eigenvalue weighted by atomic mass is 35.5. The Kier molecular flexibility index (Phi) is 4.90. The first-order chi connectivity index (χ1) is 13.7. The van der Waals surface area contributed by atoms with E-state index in [2.05, 4.69) is 9.98 Å². The lowest BCUT2D eigenvalue weighted by Crippen LogP contribution is -2.39. The zero-order valence-electron chi connectivity index (χ0n) is 15.3. The van der Waals surface area contributed by atoms with Crippen LogP contribution in [0.15, 0.2) is 41.5 Å². The Morgan fingerprint density at radius 1 is 1.38 bits per heavy atom. The maximum absolute atomic E-state index is 14.7. The molecule has 0 spiro atoms. The van der Waals surface area contributed by atoms with Crippen LogP contribution in [-0.2, 0) is 12.0 Å². The number of halogens is 4. The molecule has 1 aromatic heterocycles. The van der Waals surface area contributed by atoms with Gasteiger partial charge in [-0.15, -0.1) is 0 Å². The van der Waals surface area contributed by atoms with Gasteiger partial charge in [-0.3, -0.25) is 14.8 Å². The number of aromatic nitrogens is 1. The van der Waals surface area contributed by atoms with Crippen LogP contribution in [0.5, 0.6) is 0 Å². The average molecular weight is 440 g/mol. The molecule has 2 aromatic rings. The van der Waals surface area contributed by atoms with Crippen molar-refractivity contribution in [1.29, 1.82) is 0 Å². The first-order valence-electron chi connectivity index (χ1n) is 8.92. The molecule has 1 fully saturated rings. The van der Waals surface area contributed by atoms with E-state index in [0.717, 1.165) is 11.8 Å². The number of rotatable bonds is 5. The molecule has 0 unspecified atom stereocenters. The molecular weight excluding hydrogens is 423 g/mol. The van der Waals surface area contributed by atoms with Crippen LogP contribution in [0.2, 0.25) is 5.02 Å². The van der Waals surface area contributed by atoms with Crippen molar-refractivity contribution < 1.29 is 18.0 Å². The van der Waals surface area contributed by atoms with Gasteiger partial charge in [0.25, 0.3) is 6.43 Å². The Hall–Kier alpha value is -2.06. The second-order valence-corrected chi connectivity index (χ2v) is 9.31. The SMILES string of the molecule is C[C@]1(c2cc(CC(=O)c3ccc(Cl)cn3)ccc2F)N=C(N)S[C@@]2(C(F)F)C[C@@H]12. The number of hydrogen-bond acceptors (Lipinski definition) is 5. The molecule has 29 heavy (non-hydrogen) atoms. The third-order valence-corrected chi connectivity index (χ3v) is 7.13. The molecule has 0 radical (unpaired) electrons. The van der Waals surface area contributed by atoms with Gasteiger partial charge in [-0.25, -0.2) is 13.2 Å². The molecule has 2 aliphatic rings. The minimum Gasteiger partial charge on any atom is -0.378 e. The Balaban J connectivity index is 1.66. The van der Waals surface area contributed by atoms with E-state index in [1.807, 2.05) is 0 Å². The van der Waals surface area contributed by atoms with Crippen molar-refractivity contribution in [2.24, 2.45) is 16.6 Å². The third kappa shape index (κ3) is 3.42. The van der Waals surface area contributed by atoms with Gasteiger partial charge in [0.05, 0.1) is 15.3 Å². The Morgan fingerprint density at radius 2 is 2.14 bits per heavy atom. The lowest BCUT2D eigenvalue weighted by atomic mass is 9.84. The minimum absolute atomic E-state index is 0.0173. The lowest BCUT2D eigenvalue weighted by molar-refractivity contribution is 0.0988. The first-order valence-corrected chi connectivity index (χ1v) is 10.1. The number of carbonyl (C=O) groups is 1.